The second-order valence-corrected chi connectivity index (χ2v) is 3.99. The summed E-state index contributed by atoms with van der Waals surface area (Å²) in [6.07, 6.45) is 2.84. The fourth-order valence-electron chi connectivity index (χ4n) is 1.84. The average Bonchev–Trinajstić information content (AvgIpc) is 2.64. The number of hydrogen-bond acceptors (Lipinski definition) is 3. The van der Waals surface area contributed by atoms with E-state index in [2.05, 4.69) is 10.6 Å². The number of amides is 2. The minimum atomic E-state index is -1.05. The molecule has 0 heterocycles. The molecule has 0 radical (unpaired) electrons. The zero-order valence-corrected chi connectivity index (χ0v) is 9.53. The second kappa shape index (κ2) is 5.69. The van der Waals surface area contributed by atoms with Crippen LogP contribution in [0.25, 0.3) is 0 Å². The first-order valence-corrected chi connectivity index (χ1v) is 5.37. The molecule has 0 spiro atoms. The van der Waals surface area contributed by atoms with Crippen LogP contribution in [0.2, 0.25) is 0 Å². The number of urea groups is 1. The molecule has 0 aromatic carbocycles. The van der Waals surface area contributed by atoms with Crippen molar-refractivity contribution in [2.24, 2.45) is 0 Å². The lowest BCUT2D eigenvalue weighted by Gasteiger charge is -2.20. The standard InChI is InChI=1S/C10H18N2O4/c1-6(9(13)14)11-10(15)12-7-4-3-5-8(7)16-2/h6-8H,3-5H2,1-2H3,(H,13,14)(H2,11,12,15). The molecule has 92 valence electrons. The monoisotopic (exact) mass is 230 g/mol. The SMILES string of the molecule is COC1CCCC1NC(=O)NC(C)C(=O)O. The molecule has 3 N–H and O–H groups in total. The Morgan fingerprint density at radius 3 is 2.69 bits per heavy atom. The third-order valence-corrected chi connectivity index (χ3v) is 2.79. The third kappa shape index (κ3) is 3.37. The Hall–Kier alpha value is -1.30. The summed E-state index contributed by atoms with van der Waals surface area (Å²) in [5, 5.41) is 13.7. The zero-order chi connectivity index (χ0) is 12.1. The van der Waals surface area contributed by atoms with Crippen molar-refractivity contribution in [3.05, 3.63) is 0 Å². The van der Waals surface area contributed by atoms with Crippen molar-refractivity contribution in [2.45, 2.75) is 44.4 Å². The van der Waals surface area contributed by atoms with E-state index in [0.717, 1.165) is 19.3 Å². The van der Waals surface area contributed by atoms with E-state index >= 15 is 0 Å². The Bertz CT molecular complexity index is 270. The Kier molecular flexibility index (Phi) is 4.54. The van der Waals surface area contributed by atoms with Gasteiger partial charge in [-0.05, 0) is 26.2 Å². The van der Waals surface area contributed by atoms with E-state index in [-0.39, 0.29) is 12.1 Å². The predicted octanol–water partition coefficient (Wildman–Crippen LogP) is 0.326. The quantitative estimate of drug-likeness (QED) is 0.649. The van der Waals surface area contributed by atoms with Gasteiger partial charge >= 0.3 is 12.0 Å². The van der Waals surface area contributed by atoms with Crippen molar-refractivity contribution in [3.63, 3.8) is 0 Å². The first-order valence-electron chi connectivity index (χ1n) is 5.37. The van der Waals surface area contributed by atoms with Gasteiger partial charge in [-0.1, -0.05) is 0 Å². The highest BCUT2D eigenvalue weighted by Crippen LogP contribution is 2.21. The van der Waals surface area contributed by atoms with Gasteiger partial charge in [0.05, 0.1) is 12.1 Å². The summed E-state index contributed by atoms with van der Waals surface area (Å²) >= 11 is 0. The lowest BCUT2D eigenvalue weighted by atomic mass is 10.2. The Balaban J connectivity index is 2.36. The summed E-state index contributed by atoms with van der Waals surface area (Å²) in [6, 6.07) is -1.36. The molecule has 1 fully saturated rings. The van der Waals surface area contributed by atoms with Crippen LogP contribution >= 0.6 is 0 Å². The highest BCUT2D eigenvalue weighted by Gasteiger charge is 2.28. The first kappa shape index (κ1) is 12.8. The summed E-state index contributed by atoms with van der Waals surface area (Å²) in [7, 11) is 1.61. The van der Waals surface area contributed by atoms with E-state index in [9.17, 15) is 9.59 Å². The zero-order valence-electron chi connectivity index (χ0n) is 9.53. The molecular weight excluding hydrogens is 212 g/mol. The van der Waals surface area contributed by atoms with Crippen molar-refractivity contribution in [2.75, 3.05) is 7.11 Å². The van der Waals surface area contributed by atoms with Gasteiger partial charge in [0.2, 0.25) is 0 Å². The van der Waals surface area contributed by atoms with Crippen LogP contribution in [-0.2, 0) is 9.53 Å². The number of carbonyl (C=O) groups is 2. The van der Waals surface area contributed by atoms with Crippen LogP contribution in [0.1, 0.15) is 26.2 Å². The summed E-state index contributed by atoms with van der Waals surface area (Å²) in [6.45, 7) is 1.42. The van der Waals surface area contributed by atoms with Crippen molar-refractivity contribution < 1.29 is 19.4 Å². The van der Waals surface area contributed by atoms with Crippen molar-refractivity contribution in [3.8, 4) is 0 Å². The fourth-order valence-corrected chi connectivity index (χ4v) is 1.84. The van der Waals surface area contributed by atoms with Crippen LogP contribution < -0.4 is 10.6 Å². The highest BCUT2D eigenvalue weighted by atomic mass is 16.5. The summed E-state index contributed by atoms with van der Waals surface area (Å²) < 4.78 is 5.22. The van der Waals surface area contributed by atoms with E-state index in [1.54, 1.807) is 7.11 Å². The smallest absolute Gasteiger partial charge is 0.325 e. The van der Waals surface area contributed by atoms with Gasteiger partial charge in [-0.15, -0.1) is 0 Å². The molecule has 0 aromatic heterocycles. The van der Waals surface area contributed by atoms with Gasteiger partial charge < -0.3 is 20.5 Å². The molecule has 6 nitrogen and oxygen atoms in total. The van der Waals surface area contributed by atoms with Crippen LogP contribution in [0.3, 0.4) is 0 Å². The van der Waals surface area contributed by atoms with Gasteiger partial charge in [0.25, 0.3) is 0 Å². The lowest BCUT2D eigenvalue weighted by molar-refractivity contribution is -0.138. The number of carboxylic acids is 1. The van der Waals surface area contributed by atoms with E-state index < -0.39 is 18.0 Å². The van der Waals surface area contributed by atoms with Crippen LogP contribution in [0, 0.1) is 0 Å². The van der Waals surface area contributed by atoms with Gasteiger partial charge in [0.1, 0.15) is 6.04 Å². The molecule has 0 bridgehead atoms. The molecular formula is C10H18N2O4. The molecule has 0 aromatic rings. The number of rotatable bonds is 4. The predicted molar refractivity (Wildman–Crippen MR) is 57.2 cm³/mol. The molecule has 3 unspecified atom stereocenters. The third-order valence-electron chi connectivity index (χ3n) is 2.79. The number of carbonyl (C=O) groups excluding carboxylic acids is 1. The van der Waals surface area contributed by atoms with E-state index in [1.165, 1.54) is 6.92 Å². The topological polar surface area (TPSA) is 87.7 Å². The number of carboxylic acid groups (broad SMARTS) is 1. The summed E-state index contributed by atoms with van der Waals surface area (Å²) in [5.74, 6) is -1.05. The highest BCUT2D eigenvalue weighted by molar-refractivity contribution is 5.82. The largest absolute Gasteiger partial charge is 0.480 e. The van der Waals surface area contributed by atoms with Gasteiger partial charge in [0, 0.05) is 7.11 Å². The number of aliphatic carboxylic acids is 1. The second-order valence-electron chi connectivity index (χ2n) is 3.99. The van der Waals surface area contributed by atoms with Gasteiger partial charge in [-0.3, -0.25) is 4.79 Å². The van der Waals surface area contributed by atoms with Gasteiger partial charge in [0.15, 0.2) is 0 Å². The van der Waals surface area contributed by atoms with E-state index in [1.807, 2.05) is 0 Å². The summed E-state index contributed by atoms with van der Waals surface area (Å²) in [5.41, 5.74) is 0. The number of methoxy groups -OCH3 is 1. The normalized spacial score (nSPS) is 26.1. The van der Waals surface area contributed by atoms with E-state index in [0.29, 0.717) is 0 Å². The molecule has 1 aliphatic rings. The van der Waals surface area contributed by atoms with Crippen molar-refractivity contribution >= 4 is 12.0 Å². The molecule has 0 aliphatic heterocycles. The van der Waals surface area contributed by atoms with Crippen LogP contribution in [0.4, 0.5) is 4.79 Å². The average molecular weight is 230 g/mol. The maximum atomic E-state index is 11.4. The van der Waals surface area contributed by atoms with E-state index in [4.69, 9.17) is 9.84 Å². The Morgan fingerprint density at radius 1 is 1.44 bits per heavy atom. The minimum absolute atomic E-state index is 0.0222. The number of nitrogens with one attached hydrogen (secondary N) is 2. The lowest BCUT2D eigenvalue weighted by Crippen LogP contribution is -2.50. The maximum Gasteiger partial charge on any atom is 0.325 e. The number of hydrogen-bond donors (Lipinski definition) is 3. The molecule has 0 saturated heterocycles. The molecule has 3 atom stereocenters. The van der Waals surface area contributed by atoms with Crippen molar-refractivity contribution in [1.82, 2.24) is 10.6 Å². The molecule has 16 heavy (non-hydrogen) atoms. The molecule has 6 heteroatoms. The molecule has 1 rings (SSSR count). The fraction of sp³-hybridized carbons (Fsp3) is 0.800. The van der Waals surface area contributed by atoms with Crippen molar-refractivity contribution in [1.29, 1.82) is 0 Å². The molecule has 1 saturated carbocycles. The van der Waals surface area contributed by atoms with Crippen LogP contribution in [0.15, 0.2) is 0 Å². The van der Waals surface area contributed by atoms with Crippen LogP contribution in [0.5, 0.6) is 0 Å². The first-order chi connectivity index (χ1) is 7.54. The van der Waals surface area contributed by atoms with Crippen LogP contribution in [-0.4, -0.2) is 42.4 Å². The Morgan fingerprint density at radius 2 is 2.12 bits per heavy atom. The Labute approximate surface area is 94.3 Å². The van der Waals surface area contributed by atoms with Gasteiger partial charge in [-0.25, -0.2) is 4.79 Å². The number of ether oxygens (including phenoxy) is 1. The minimum Gasteiger partial charge on any atom is -0.480 e. The summed E-state index contributed by atoms with van der Waals surface area (Å²) in [4.78, 5) is 22.0. The van der Waals surface area contributed by atoms with Gasteiger partial charge in [-0.2, -0.15) is 0 Å². The maximum absolute atomic E-state index is 11.4. The molecule has 2 amide bonds. The molecule has 1 aliphatic carbocycles.